The molecule has 2 aromatic rings. The van der Waals surface area contributed by atoms with Crippen molar-refractivity contribution in [3.63, 3.8) is 0 Å². The Balaban J connectivity index is 1.75. The Morgan fingerprint density at radius 3 is 2.26 bits per heavy atom. The lowest BCUT2D eigenvalue weighted by Gasteiger charge is -2.18. The Morgan fingerprint density at radius 2 is 1.70 bits per heavy atom. The summed E-state index contributed by atoms with van der Waals surface area (Å²) in [6.45, 7) is 0. The predicted molar refractivity (Wildman–Crippen MR) is 95.0 cm³/mol. The Bertz CT molecular complexity index is 894. The third-order valence-electron chi connectivity index (χ3n) is 4.18. The van der Waals surface area contributed by atoms with Crippen LogP contribution in [0.3, 0.4) is 0 Å². The molecule has 0 aliphatic heterocycles. The number of nitrogens with zero attached hydrogens (tertiary/aromatic N) is 1. The molecule has 142 valence electrons. The van der Waals surface area contributed by atoms with E-state index in [-0.39, 0.29) is 40.0 Å². The zero-order chi connectivity index (χ0) is 19.8. The van der Waals surface area contributed by atoms with E-state index in [1.54, 1.807) is 6.07 Å². The molecule has 3 rings (SSSR count). The average molecular weight is 418 g/mol. The first-order valence-corrected chi connectivity index (χ1v) is 8.49. The normalized spacial score (nSPS) is 15.1. The van der Waals surface area contributed by atoms with Gasteiger partial charge >= 0.3 is 6.18 Å². The molecule has 2 N–H and O–H groups in total. The topological polar surface area (TPSA) is 71.1 Å². The van der Waals surface area contributed by atoms with Crippen LogP contribution in [0.15, 0.2) is 36.5 Å². The van der Waals surface area contributed by atoms with E-state index in [1.165, 1.54) is 30.5 Å². The number of alkyl halides is 3. The summed E-state index contributed by atoms with van der Waals surface area (Å²) in [4.78, 5) is 28.2. The Labute approximate surface area is 161 Å². The van der Waals surface area contributed by atoms with Crippen molar-refractivity contribution in [2.45, 2.75) is 19.0 Å². The average Bonchev–Trinajstić information content (AvgIpc) is 3.36. The van der Waals surface area contributed by atoms with E-state index in [1.807, 2.05) is 0 Å². The van der Waals surface area contributed by atoms with Crippen molar-refractivity contribution in [3.8, 4) is 0 Å². The standard InChI is InChI=1S/C17H12Cl2F3N3O2/c18-10-2-1-3-11(19)13(10)14(26)24-9-4-7-23-12(8-9)25-15(27)16(5-6-16)17(20,21)22/h1-4,7-8H,5-6H2,(H2,23,24,25,26,27). The molecule has 27 heavy (non-hydrogen) atoms. The number of carbonyl (C=O) groups excluding carboxylic acids is 2. The maximum Gasteiger partial charge on any atom is 0.403 e. The highest BCUT2D eigenvalue weighted by Gasteiger charge is 2.68. The number of carbonyl (C=O) groups is 2. The summed E-state index contributed by atoms with van der Waals surface area (Å²) >= 11 is 11.9. The fourth-order valence-corrected chi connectivity index (χ4v) is 3.05. The second-order valence-corrected chi connectivity index (χ2v) is 6.83. The van der Waals surface area contributed by atoms with Gasteiger partial charge in [-0.15, -0.1) is 0 Å². The van der Waals surface area contributed by atoms with E-state index in [0.29, 0.717) is 0 Å². The van der Waals surface area contributed by atoms with Crippen molar-refractivity contribution in [3.05, 3.63) is 52.1 Å². The molecule has 0 saturated heterocycles. The summed E-state index contributed by atoms with van der Waals surface area (Å²) in [7, 11) is 0. The van der Waals surface area contributed by atoms with Crippen LogP contribution in [0.25, 0.3) is 0 Å². The number of halogens is 5. The van der Waals surface area contributed by atoms with Gasteiger partial charge in [0, 0.05) is 18.0 Å². The lowest BCUT2D eigenvalue weighted by Crippen LogP contribution is -2.37. The number of hydrogen-bond acceptors (Lipinski definition) is 3. The van der Waals surface area contributed by atoms with Gasteiger partial charge in [-0.2, -0.15) is 13.2 Å². The second-order valence-electron chi connectivity index (χ2n) is 6.01. The molecule has 0 unspecified atom stereocenters. The van der Waals surface area contributed by atoms with Crippen LogP contribution in [0.5, 0.6) is 0 Å². The molecule has 1 heterocycles. The molecule has 1 aromatic heterocycles. The van der Waals surface area contributed by atoms with Gasteiger partial charge in [-0.1, -0.05) is 29.3 Å². The number of amides is 2. The van der Waals surface area contributed by atoms with Crippen LogP contribution in [0.2, 0.25) is 10.0 Å². The van der Waals surface area contributed by atoms with E-state index >= 15 is 0 Å². The maximum absolute atomic E-state index is 13.0. The number of anilines is 2. The van der Waals surface area contributed by atoms with Gasteiger partial charge < -0.3 is 10.6 Å². The number of rotatable bonds is 4. The van der Waals surface area contributed by atoms with Crippen LogP contribution in [0.1, 0.15) is 23.2 Å². The fourth-order valence-electron chi connectivity index (χ4n) is 2.49. The van der Waals surface area contributed by atoms with Crippen LogP contribution < -0.4 is 10.6 Å². The molecule has 1 aliphatic carbocycles. The Morgan fingerprint density at radius 1 is 1.07 bits per heavy atom. The minimum atomic E-state index is -4.62. The third kappa shape index (κ3) is 3.86. The first kappa shape index (κ1) is 19.4. The van der Waals surface area contributed by atoms with Gasteiger partial charge in [0.15, 0.2) is 0 Å². The first-order valence-electron chi connectivity index (χ1n) is 7.74. The lowest BCUT2D eigenvalue weighted by molar-refractivity contribution is -0.189. The summed E-state index contributed by atoms with van der Waals surface area (Å²) in [5.74, 6) is -1.89. The van der Waals surface area contributed by atoms with E-state index in [2.05, 4.69) is 15.6 Å². The molecule has 1 aromatic carbocycles. The van der Waals surface area contributed by atoms with E-state index < -0.39 is 23.4 Å². The van der Waals surface area contributed by atoms with Gasteiger partial charge in [0.05, 0.1) is 15.6 Å². The van der Waals surface area contributed by atoms with Crippen LogP contribution in [0, 0.1) is 5.41 Å². The molecule has 5 nitrogen and oxygen atoms in total. The second kappa shape index (κ2) is 7.01. The largest absolute Gasteiger partial charge is 0.403 e. The molecule has 10 heteroatoms. The van der Waals surface area contributed by atoms with E-state index in [9.17, 15) is 22.8 Å². The fraction of sp³-hybridized carbons (Fsp3) is 0.235. The number of benzene rings is 1. The molecule has 2 amide bonds. The van der Waals surface area contributed by atoms with Gasteiger partial charge in [-0.05, 0) is 31.0 Å². The first-order chi connectivity index (χ1) is 12.6. The predicted octanol–water partition coefficient (Wildman–Crippen LogP) is 4.92. The minimum absolute atomic E-state index is 0.0530. The monoisotopic (exact) mass is 417 g/mol. The third-order valence-corrected chi connectivity index (χ3v) is 4.81. The van der Waals surface area contributed by atoms with Crippen LogP contribution >= 0.6 is 23.2 Å². The molecule has 0 spiro atoms. The smallest absolute Gasteiger partial charge is 0.322 e. The van der Waals surface area contributed by atoms with Crippen molar-refractivity contribution >= 4 is 46.5 Å². The zero-order valence-electron chi connectivity index (χ0n) is 13.5. The number of pyridine rings is 1. The quantitative estimate of drug-likeness (QED) is 0.741. The summed E-state index contributed by atoms with van der Waals surface area (Å²) in [6, 6.07) is 7.22. The van der Waals surface area contributed by atoms with Gasteiger partial charge in [-0.3, -0.25) is 9.59 Å². The van der Waals surface area contributed by atoms with Gasteiger partial charge in [0.25, 0.3) is 5.91 Å². The summed E-state index contributed by atoms with van der Waals surface area (Å²) in [5.41, 5.74) is -2.10. The number of hydrogen-bond donors (Lipinski definition) is 2. The maximum atomic E-state index is 13.0. The molecule has 0 atom stereocenters. The Hall–Kier alpha value is -2.32. The lowest BCUT2D eigenvalue weighted by atomic mass is 10.1. The van der Waals surface area contributed by atoms with Crippen LogP contribution in [-0.4, -0.2) is 23.0 Å². The zero-order valence-corrected chi connectivity index (χ0v) is 15.0. The number of nitrogens with one attached hydrogen (secondary N) is 2. The summed E-state index contributed by atoms with van der Waals surface area (Å²) in [6.07, 6.45) is -3.90. The van der Waals surface area contributed by atoms with Crippen LogP contribution in [0.4, 0.5) is 24.7 Å². The van der Waals surface area contributed by atoms with E-state index in [4.69, 9.17) is 23.2 Å². The van der Waals surface area contributed by atoms with Crippen molar-refractivity contribution in [1.82, 2.24) is 4.98 Å². The molecule has 0 bridgehead atoms. The van der Waals surface area contributed by atoms with Gasteiger partial charge in [0.1, 0.15) is 11.2 Å². The summed E-state index contributed by atoms with van der Waals surface area (Å²) < 4.78 is 39.0. The molecular weight excluding hydrogens is 406 g/mol. The van der Waals surface area contributed by atoms with Gasteiger partial charge in [0.2, 0.25) is 5.91 Å². The van der Waals surface area contributed by atoms with Crippen LogP contribution in [-0.2, 0) is 4.79 Å². The molecule has 1 saturated carbocycles. The number of aromatic nitrogens is 1. The van der Waals surface area contributed by atoms with Crippen molar-refractivity contribution < 1.29 is 22.8 Å². The highest BCUT2D eigenvalue weighted by Crippen LogP contribution is 2.58. The molecule has 1 aliphatic rings. The van der Waals surface area contributed by atoms with Crippen molar-refractivity contribution in [1.29, 1.82) is 0 Å². The van der Waals surface area contributed by atoms with Gasteiger partial charge in [-0.25, -0.2) is 4.98 Å². The summed E-state index contributed by atoms with van der Waals surface area (Å²) in [5, 5.41) is 4.95. The molecular formula is C17H12Cl2F3N3O2. The van der Waals surface area contributed by atoms with Crippen molar-refractivity contribution in [2.24, 2.45) is 5.41 Å². The molecule has 1 fully saturated rings. The highest BCUT2D eigenvalue weighted by atomic mass is 35.5. The SMILES string of the molecule is O=C(Nc1ccnc(NC(=O)C2(C(F)(F)F)CC2)c1)c1c(Cl)cccc1Cl. The van der Waals surface area contributed by atoms with E-state index in [0.717, 1.165) is 0 Å². The minimum Gasteiger partial charge on any atom is -0.322 e. The highest BCUT2D eigenvalue weighted by molar-refractivity contribution is 6.40. The Kier molecular flexibility index (Phi) is 5.05. The van der Waals surface area contributed by atoms with Crippen molar-refractivity contribution in [2.75, 3.05) is 10.6 Å². The molecule has 0 radical (unpaired) electrons.